The Kier molecular flexibility index (Phi) is 5.84. The highest BCUT2D eigenvalue weighted by molar-refractivity contribution is 7.89. The number of hydrogen-bond acceptors (Lipinski definition) is 6. The molecule has 0 saturated heterocycles. The van der Waals surface area contributed by atoms with Gasteiger partial charge in [-0.2, -0.15) is 0 Å². The van der Waals surface area contributed by atoms with Crippen molar-refractivity contribution < 1.29 is 23.2 Å². The summed E-state index contributed by atoms with van der Waals surface area (Å²) in [4.78, 5) is 9.50. The number of benzene rings is 1. The first-order valence-corrected chi connectivity index (χ1v) is 7.24. The van der Waals surface area contributed by atoms with Gasteiger partial charge < -0.3 is 9.84 Å². The summed E-state index contributed by atoms with van der Waals surface area (Å²) in [5, 5.41) is 19.5. The van der Waals surface area contributed by atoms with Gasteiger partial charge in [0.2, 0.25) is 10.0 Å². The lowest BCUT2D eigenvalue weighted by Gasteiger charge is -2.15. The maximum Gasteiger partial charge on any atom is 0.270 e. The van der Waals surface area contributed by atoms with E-state index in [4.69, 9.17) is 21.4 Å². The van der Waals surface area contributed by atoms with Gasteiger partial charge in [0.1, 0.15) is 4.90 Å². The van der Waals surface area contributed by atoms with Crippen molar-refractivity contribution in [2.45, 2.75) is 10.9 Å². The number of ether oxygens (including phenoxy) is 1. The minimum Gasteiger partial charge on any atom is -0.395 e. The highest BCUT2D eigenvalue weighted by Crippen LogP contribution is 2.26. The van der Waals surface area contributed by atoms with Crippen molar-refractivity contribution in [3.8, 4) is 0 Å². The van der Waals surface area contributed by atoms with Crippen LogP contribution in [0.3, 0.4) is 0 Å². The quantitative estimate of drug-likeness (QED) is 0.558. The molecule has 1 unspecified atom stereocenters. The number of halogens is 1. The van der Waals surface area contributed by atoms with Crippen molar-refractivity contribution in [3.05, 3.63) is 33.3 Å². The van der Waals surface area contributed by atoms with Gasteiger partial charge in [0.15, 0.2) is 0 Å². The van der Waals surface area contributed by atoms with Crippen LogP contribution in [0.15, 0.2) is 23.1 Å². The fourth-order valence-corrected chi connectivity index (χ4v) is 3.15. The molecule has 1 atom stereocenters. The van der Waals surface area contributed by atoms with Gasteiger partial charge in [-0.3, -0.25) is 10.1 Å². The molecule has 0 heterocycles. The standard InChI is InChI=1S/C10H13ClN2O6S/c1-19-6-7(5-14)12-20(17,18)10-4-8(13(15)16)2-3-9(10)11/h2-4,7,12,14H,5-6H2,1H3. The summed E-state index contributed by atoms with van der Waals surface area (Å²) in [7, 11) is -2.76. The fourth-order valence-electron chi connectivity index (χ4n) is 1.42. The predicted molar refractivity (Wildman–Crippen MR) is 71.2 cm³/mol. The summed E-state index contributed by atoms with van der Waals surface area (Å²) >= 11 is 5.75. The number of aliphatic hydroxyl groups is 1. The molecule has 10 heteroatoms. The first kappa shape index (κ1) is 16.8. The SMILES string of the molecule is COCC(CO)NS(=O)(=O)c1cc([N+](=O)[O-])ccc1Cl. The van der Waals surface area contributed by atoms with Crippen molar-refractivity contribution in [3.63, 3.8) is 0 Å². The van der Waals surface area contributed by atoms with E-state index < -0.39 is 38.2 Å². The second-order valence-electron chi connectivity index (χ2n) is 3.83. The average Bonchev–Trinajstić information content (AvgIpc) is 2.37. The molecule has 0 aliphatic rings. The van der Waals surface area contributed by atoms with Crippen LogP contribution in [0, 0.1) is 10.1 Å². The summed E-state index contributed by atoms with van der Waals surface area (Å²) in [5.41, 5.74) is -0.401. The van der Waals surface area contributed by atoms with Gasteiger partial charge in [-0.1, -0.05) is 11.6 Å². The maximum absolute atomic E-state index is 12.1. The molecular weight excluding hydrogens is 312 g/mol. The van der Waals surface area contributed by atoms with Crippen molar-refractivity contribution in [2.75, 3.05) is 20.3 Å². The van der Waals surface area contributed by atoms with Gasteiger partial charge in [-0.05, 0) is 6.07 Å². The molecule has 0 saturated carbocycles. The smallest absolute Gasteiger partial charge is 0.270 e. The molecule has 1 rings (SSSR count). The van der Waals surface area contributed by atoms with E-state index in [1.807, 2.05) is 0 Å². The zero-order valence-corrected chi connectivity index (χ0v) is 12.0. The van der Waals surface area contributed by atoms with Crippen molar-refractivity contribution in [2.24, 2.45) is 0 Å². The number of methoxy groups -OCH3 is 1. The number of non-ortho nitro benzene ring substituents is 1. The molecule has 0 aromatic heterocycles. The Morgan fingerprint density at radius 3 is 2.70 bits per heavy atom. The Hall–Kier alpha value is -1.26. The zero-order chi connectivity index (χ0) is 15.3. The molecule has 0 aliphatic carbocycles. The minimum atomic E-state index is -4.11. The van der Waals surface area contributed by atoms with E-state index in [2.05, 4.69) is 4.72 Å². The topological polar surface area (TPSA) is 119 Å². The predicted octanol–water partition coefficient (Wildman–Crippen LogP) is 0.534. The number of nitro benzene ring substituents is 1. The second kappa shape index (κ2) is 6.95. The third-order valence-corrected chi connectivity index (χ3v) is 4.33. The molecule has 8 nitrogen and oxygen atoms in total. The molecule has 2 N–H and O–H groups in total. The van der Waals surface area contributed by atoms with Crippen LogP contribution in [-0.2, 0) is 14.8 Å². The number of nitrogens with zero attached hydrogens (tertiary/aromatic N) is 1. The molecule has 0 radical (unpaired) electrons. The Balaban J connectivity index is 3.14. The largest absolute Gasteiger partial charge is 0.395 e. The Bertz CT molecular complexity index is 591. The lowest BCUT2D eigenvalue weighted by molar-refractivity contribution is -0.385. The molecular formula is C10H13ClN2O6S. The van der Waals surface area contributed by atoms with E-state index in [0.29, 0.717) is 0 Å². The Labute approximate surface area is 120 Å². The molecule has 0 spiro atoms. The number of aliphatic hydroxyl groups excluding tert-OH is 1. The summed E-state index contributed by atoms with van der Waals surface area (Å²) in [5.74, 6) is 0. The van der Waals surface area contributed by atoms with Crippen LogP contribution in [0.2, 0.25) is 5.02 Å². The van der Waals surface area contributed by atoms with E-state index >= 15 is 0 Å². The summed E-state index contributed by atoms with van der Waals surface area (Å²) in [6.07, 6.45) is 0. The van der Waals surface area contributed by atoms with Gasteiger partial charge >= 0.3 is 0 Å². The first-order valence-electron chi connectivity index (χ1n) is 5.38. The van der Waals surface area contributed by atoms with Crippen LogP contribution >= 0.6 is 11.6 Å². The van der Waals surface area contributed by atoms with E-state index in [-0.39, 0.29) is 11.6 Å². The van der Waals surface area contributed by atoms with Crippen LogP contribution in [0.4, 0.5) is 5.69 Å². The third-order valence-electron chi connectivity index (χ3n) is 2.33. The molecule has 1 aromatic carbocycles. The van der Waals surface area contributed by atoms with Crippen molar-refractivity contribution in [1.82, 2.24) is 4.72 Å². The first-order chi connectivity index (χ1) is 9.31. The summed E-state index contributed by atoms with van der Waals surface area (Å²) < 4.78 is 31.1. The summed E-state index contributed by atoms with van der Waals surface area (Å²) in [6, 6.07) is 2.20. The van der Waals surface area contributed by atoms with E-state index in [0.717, 1.165) is 18.2 Å². The third kappa shape index (κ3) is 4.12. The number of nitrogens with one attached hydrogen (secondary N) is 1. The molecule has 0 aliphatic heterocycles. The van der Waals surface area contributed by atoms with Crippen LogP contribution in [0.1, 0.15) is 0 Å². The Morgan fingerprint density at radius 1 is 1.55 bits per heavy atom. The Morgan fingerprint density at radius 2 is 2.20 bits per heavy atom. The van der Waals surface area contributed by atoms with Crippen molar-refractivity contribution in [1.29, 1.82) is 0 Å². The van der Waals surface area contributed by atoms with Gasteiger partial charge in [-0.15, -0.1) is 0 Å². The number of nitro groups is 1. The molecule has 1 aromatic rings. The van der Waals surface area contributed by atoms with Gasteiger partial charge in [0.05, 0.1) is 29.2 Å². The maximum atomic E-state index is 12.1. The van der Waals surface area contributed by atoms with Crippen LogP contribution in [0.5, 0.6) is 0 Å². The second-order valence-corrected chi connectivity index (χ2v) is 5.92. The highest BCUT2D eigenvalue weighted by Gasteiger charge is 2.24. The average molecular weight is 325 g/mol. The van der Waals surface area contributed by atoms with Crippen LogP contribution in [0.25, 0.3) is 0 Å². The van der Waals surface area contributed by atoms with E-state index in [9.17, 15) is 18.5 Å². The van der Waals surface area contributed by atoms with Gasteiger partial charge in [0.25, 0.3) is 5.69 Å². The van der Waals surface area contributed by atoms with Crippen LogP contribution < -0.4 is 4.72 Å². The monoisotopic (exact) mass is 324 g/mol. The number of hydrogen-bond donors (Lipinski definition) is 2. The van der Waals surface area contributed by atoms with Gasteiger partial charge in [0, 0.05) is 19.2 Å². The fraction of sp³-hybridized carbons (Fsp3) is 0.400. The lowest BCUT2D eigenvalue weighted by atomic mass is 10.3. The summed E-state index contributed by atoms with van der Waals surface area (Å²) in [6.45, 7) is -0.540. The van der Waals surface area contributed by atoms with Gasteiger partial charge in [-0.25, -0.2) is 13.1 Å². The number of rotatable bonds is 7. The molecule has 0 fully saturated rings. The normalized spacial score (nSPS) is 13.2. The molecule has 112 valence electrons. The minimum absolute atomic E-state index is 0.0533. The van der Waals surface area contributed by atoms with Crippen LogP contribution in [-0.4, -0.2) is 44.8 Å². The molecule has 20 heavy (non-hydrogen) atoms. The molecule has 0 amide bonds. The lowest BCUT2D eigenvalue weighted by Crippen LogP contribution is -2.40. The molecule has 0 bridgehead atoms. The zero-order valence-electron chi connectivity index (χ0n) is 10.4. The van der Waals surface area contributed by atoms with E-state index in [1.54, 1.807) is 0 Å². The number of sulfonamides is 1. The van der Waals surface area contributed by atoms with E-state index in [1.165, 1.54) is 7.11 Å². The van der Waals surface area contributed by atoms with Crippen molar-refractivity contribution >= 4 is 27.3 Å². The highest BCUT2D eigenvalue weighted by atomic mass is 35.5.